The van der Waals surface area contributed by atoms with Crippen molar-refractivity contribution < 1.29 is 9.30 Å². The van der Waals surface area contributed by atoms with Gasteiger partial charge in [0.25, 0.3) is 5.82 Å². The summed E-state index contributed by atoms with van der Waals surface area (Å²) in [5.74, 6) is 2.08. The molecule has 3 heteroatoms. The highest BCUT2D eigenvalue weighted by Gasteiger charge is 2.33. The molecule has 0 atom stereocenters. The van der Waals surface area contributed by atoms with E-state index >= 15 is 0 Å². The largest absolute Gasteiger partial charge is 0.494 e. The molecule has 1 aromatic heterocycles. The second-order valence-corrected chi connectivity index (χ2v) is 6.76. The van der Waals surface area contributed by atoms with Crippen molar-refractivity contribution in [1.29, 1.82) is 0 Å². The lowest BCUT2D eigenvalue weighted by Crippen LogP contribution is -2.32. The van der Waals surface area contributed by atoms with Crippen molar-refractivity contribution in [2.24, 2.45) is 0 Å². The molecule has 0 saturated heterocycles. The van der Waals surface area contributed by atoms with Crippen molar-refractivity contribution in [2.75, 3.05) is 6.61 Å². The third-order valence-electron chi connectivity index (χ3n) is 5.12. The van der Waals surface area contributed by atoms with E-state index in [1.165, 1.54) is 28.2 Å². The third-order valence-corrected chi connectivity index (χ3v) is 5.12. The highest BCUT2D eigenvalue weighted by Crippen LogP contribution is 2.36. The molecule has 0 spiro atoms. The molecular weight excluding hydrogens is 332 g/mol. The number of ether oxygens (including phenoxy) is 1. The van der Waals surface area contributed by atoms with Crippen LogP contribution in [-0.4, -0.2) is 11.6 Å². The summed E-state index contributed by atoms with van der Waals surface area (Å²) in [4.78, 5) is 3.71. The fourth-order valence-electron chi connectivity index (χ4n) is 3.91. The van der Waals surface area contributed by atoms with Crippen molar-refractivity contribution in [3.8, 4) is 39.7 Å². The Morgan fingerprint density at radius 2 is 1.59 bits per heavy atom. The van der Waals surface area contributed by atoms with Crippen LogP contribution in [0.15, 0.2) is 78.9 Å². The number of nitrogens with zero attached hydrogens (tertiary/aromatic N) is 1. The molecule has 0 amide bonds. The monoisotopic (exact) mass is 353 g/mol. The summed E-state index contributed by atoms with van der Waals surface area (Å²) >= 11 is 0. The first-order chi connectivity index (χ1) is 13.3. The quantitative estimate of drug-likeness (QED) is 0.449. The molecule has 1 aliphatic heterocycles. The van der Waals surface area contributed by atoms with Crippen molar-refractivity contribution >= 4 is 0 Å². The van der Waals surface area contributed by atoms with Gasteiger partial charge in [0, 0.05) is 16.7 Å². The van der Waals surface area contributed by atoms with Crippen LogP contribution in [-0.2, 0) is 6.54 Å². The molecule has 0 saturated carbocycles. The van der Waals surface area contributed by atoms with E-state index < -0.39 is 0 Å². The Morgan fingerprint density at radius 1 is 0.852 bits per heavy atom. The summed E-state index contributed by atoms with van der Waals surface area (Å²) in [6, 6.07) is 27.6. The minimum Gasteiger partial charge on any atom is -0.494 e. The smallest absolute Gasteiger partial charge is 0.288 e. The minimum atomic E-state index is 0.679. The number of rotatable bonds is 4. The molecule has 0 aliphatic carbocycles. The second kappa shape index (κ2) is 6.44. The molecule has 27 heavy (non-hydrogen) atoms. The van der Waals surface area contributed by atoms with Crippen LogP contribution >= 0.6 is 0 Å². The summed E-state index contributed by atoms with van der Waals surface area (Å²) in [7, 11) is 0. The maximum absolute atomic E-state index is 5.60. The number of hydrogen-bond acceptors (Lipinski definition) is 1. The van der Waals surface area contributed by atoms with E-state index in [9.17, 15) is 0 Å². The van der Waals surface area contributed by atoms with Crippen LogP contribution in [0.2, 0.25) is 0 Å². The van der Waals surface area contributed by atoms with Gasteiger partial charge in [-0.2, -0.15) is 0 Å². The number of aromatic nitrogens is 2. The molecule has 132 valence electrons. The van der Waals surface area contributed by atoms with E-state index in [1.54, 1.807) is 0 Å². The fourth-order valence-corrected chi connectivity index (χ4v) is 3.91. The topological polar surface area (TPSA) is 28.9 Å². The lowest BCUT2D eigenvalue weighted by Gasteiger charge is -2.05. The first-order valence-corrected chi connectivity index (χ1v) is 9.38. The van der Waals surface area contributed by atoms with Crippen LogP contribution in [0.1, 0.15) is 12.5 Å². The Bertz CT molecular complexity index is 1100. The van der Waals surface area contributed by atoms with Gasteiger partial charge < -0.3 is 4.74 Å². The Kier molecular flexibility index (Phi) is 3.79. The lowest BCUT2D eigenvalue weighted by atomic mass is 10.0. The van der Waals surface area contributed by atoms with Crippen LogP contribution in [0, 0.1) is 0 Å². The molecule has 3 aromatic carbocycles. The highest BCUT2D eigenvalue weighted by molar-refractivity contribution is 5.79. The van der Waals surface area contributed by atoms with Gasteiger partial charge in [-0.25, -0.2) is 9.55 Å². The van der Waals surface area contributed by atoms with Crippen LogP contribution in [0.3, 0.4) is 0 Å². The van der Waals surface area contributed by atoms with Gasteiger partial charge in [0.15, 0.2) is 11.4 Å². The number of nitrogens with one attached hydrogen (secondary N) is 1. The van der Waals surface area contributed by atoms with Crippen LogP contribution in [0.4, 0.5) is 0 Å². The van der Waals surface area contributed by atoms with Gasteiger partial charge in [-0.3, -0.25) is 0 Å². The van der Waals surface area contributed by atoms with E-state index in [2.05, 4.69) is 76.3 Å². The van der Waals surface area contributed by atoms with Gasteiger partial charge in [0.05, 0.1) is 12.2 Å². The summed E-state index contributed by atoms with van der Waals surface area (Å²) in [5.41, 5.74) is 7.40. The summed E-state index contributed by atoms with van der Waals surface area (Å²) < 4.78 is 8.00. The molecular formula is C24H21N2O+. The molecule has 0 unspecified atom stereocenters. The maximum Gasteiger partial charge on any atom is 0.288 e. The van der Waals surface area contributed by atoms with E-state index in [0.717, 1.165) is 23.6 Å². The second-order valence-electron chi connectivity index (χ2n) is 6.76. The first-order valence-electron chi connectivity index (χ1n) is 9.38. The molecule has 4 aromatic rings. The zero-order chi connectivity index (χ0) is 18.2. The van der Waals surface area contributed by atoms with Crippen LogP contribution in [0.25, 0.3) is 33.9 Å². The highest BCUT2D eigenvalue weighted by atomic mass is 16.5. The Morgan fingerprint density at radius 3 is 2.37 bits per heavy atom. The Hall–Kier alpha value is -3.33. The minimum absolute atomic E-state index is 0.679. The third kappa shape index (κ3) is 2.63. The predicted octanol–water partition coefficient (Wildman–Crippen LogP) is 5.06. The maximum atomic E-state index is 5.60. The summed E-state index contributed by atoms with van der Waals surface area (Å²) in [6.07, 6.45) is 0. The Labute approximate surface area is 158 Å². The molecule has 3 nitrogen and oxygen atoms in total. The standard InChI is InChI=1S/C24H20N2O/c1-2-27-20-14-12-17(13-15-20)22-23(18-8-4-3-5-9-18)26-16-19-10-6-7-11-21(19)24(26)25-22/h3-15H,2,16H2,1H3/p+1. The zero-order valence-electron chi connectivity index (χ0n) is 15.3. The van der Waals surface area contributed by atoms with Gasteiger partial charge in [-0.15, -0.1) is 0 Å². The van der Waals surface area contributed by atoms with E-state index in [4.69, 9.17) is 4.74 Å². The molecule has 0 bridgehead atoms. The zero-order valence-corrected chi connectivity index (χ0v) is 15.3. The number of fused-ring (bicyclic) bond motifs is 3. The van der Waals surface area contributed by atoms with Crippen molar-refractivity contribution in [2.45, 2.75) is 13.5 Å². The number of hydrogen-bond donors (Lipinski definition) is 1. The van der Waals surface area contributed by atoms with Crippen molar-refractivity contribution in [3.05, 3.63) is 84.4 Å². The number of aromatic amines is 1. The van der Waals surface area contributed by atoms with Gasteiger partial charge in [0.1, 0.15) is 12.3 Å². The van der Waals surface area contributed by atoms with Gasteiger partial charge in [-0.05, 0) is 37.3 Å². The van der Waals surface area contributed by atoms with E-state index in [0.29, 0.717) is 6.61 Å². The Balaban J connectivity index is 1.70. The molecule has 1 aliphatic rings. The average molecular weight is 353 g/mol. The predicted molar refractivity (Wildman–Crippen MR) is 108 cm³/mol. The van der Waals surface area contributed by atoms with Gasteiger partial charge >= 0.3 is 0 Å². The van der Waals surface area contributed by atoms with E-state index in [-0.39, 0.29) is 0 Å². The fraction of sp³-hybridized carbons (Fsp3) is 0.125. The summed E-state index contributed by atoms with van der Waals surface area (Å²) in [6.45, 7) is 3.58. The number of benzene rings is 3. The number of H-pyrrole nitrogens is 1. The summed E-state index contributed by atoms with van der Waals surface area (Å²) in [5, 5.41) is 0. The van der Waals surface area contributed by atoms with Gasteiger partial charge in [0.2, 0.25) is 0 Å². The van der Waals surface area contributed by atoms with Crippen LogP contribution in [0.5, 0.6) is 5.75 Å². The molecule has 2 heterocycles. The van der Waals surface area contributed by atoms with Crippen molar-refractivity contribution in [1.82, 2.24) is 4.98 Å². The van der Waals surface area contributed by atoms with Crippen LogP contribution < -0.4 is 9.30 Å². The molecule has 1 N–H and O–H groups in total. The first kappa shape index (κ1) is 15.9. The van der Waals surface area contributed by atoms with Crippen molar-refractivity contribution in [3.63, 3.8) is 0 Å². The molecule has 0 fully saturated rings. The normalized spacial score (nSPS) is 11.9. The molecule has 5 rings (SSSR count). The lowest BCUT2D eigenvalue weighted by molar-refractivity contribution is -0.659. The SMILES string of the molecule is CCOc1ccc(-c2[nH]c3[n+](c2-c2ccccc2)Cc2ccccc2-3)cc1. The molecule has 0 radical (unpaired) electrons. The van der Waals surface area contributed by atoms with Gasteiger partial charge in [-0.1, -0.05) is 48.5 Å². The number of imidazole rings is 1. The van der Waals surface area contributed by atoms with E-state index in [1.807, 2.05) is 19.1 Å². The average Bonchev–Trinajstić information content (AvgIpc) is 3.25.